The Balaban J connectivity index is 1.53. The summed E-state index contributed by atoms with van der Waals surface area (Å²) in [6.45, 7) is 5.35. The standard InChI is InChI=1S/C18H23N5O2/c1-14-5-3-6-15(21-14)13-20-18(19-2)23-10-8-22(9-11-23)17(24)16-7-4-12-25-16/h3-7,12H,8-11,13H2,1-2H3,(H,19,20). The van der Waals surface area contributed by atoms with Crippen molar-refractivity contribution in [1.82, 2.24) is 20.1 Å². The predicted octanol–water partition coefficient (Wildman–Crippen LogP) is 1.52. The number of nitrogens with one attached hydrogen (secondary N) is 1. The number of pyridine rings is 1. The number of guanidine groups is 1. The second-order valence-electron chi connectivity index (χ2n) is 5.93. The van der Waals surface area contributed by atoms with E-state index < -0.39 is 0 Å². The molecule has 0 aromatic carbocycles. The Morgan fingerprint density at radius 3 is 2.60 bits per heavy atom. The molecule has 1 fully saturated rings. The third kappa shape index (κ3) is 4.17. The second kappa shape index (κ2) is 7.83. The minimum atomic E-state index is -0.0587. The molecule has 2 aromatic rings. The van der Waals surface area contributed by atoms with E-state index in [2.05, 4.69) is 20.2 Å². The van der Waals surface area contributed by atoms with E-state index >= 15 is 0 Å². The van der Waals surface area contributed by atoms with Gasteiger partial charge in [-0.3, -0.25) is 14.8 Å². The molecule has 1 N–H and O–H groups in total. The van der Waals surface area contributed by atoms with Crippen molar-refractivity contribution in [2.75, 3.05) is 33.2 Å². The van der Waals surface area contributed by atoms with Crippen LogP contribution in [0.15, 0.2) is 46.0 Å². The summed E-state index contributed by atoms with van der Waals surface area (Å²) < 4.78 is 5.19. The molecule has 1 saturated heterocycles. The normalized spacial score (nSPS) is 15.4. The van der Waals surface area contributed by atoms with E-state index in [-0.39, 0.29) is 5.91 Å². The molecule has 1 amide bonds. The molecule has 1 aliphatic heterocycles. The smallest absolute Gasteiger partial charge is 0.289 e. The number of aryl methyl sites for hydroxylation is 1. The molecule has 7 nitrogen and oxygen atoms in total. The van der Waals surface area contributed by atoms with E-state index in [9.17, 15) is 4.79 Å². The zero-order valence-corrected chi connectivity index (χ0v) is 14.6. The van der Waals surface area contributed by atoms with Gasteiger partial charge in [0, 0.05) is 38.9 Å². The average Bonchev–Trinajstić information content (AvgIpc) is 3.17. The van der Waals surface area contributed by atoms with Gasteiger partial charge < -0.3 is 19.5 Å². The molecule has 7 heteroatoms. The maximum atomic E-state index is 12.3. The Morgan fingerprint density at radius 1 is 1.20 bits per heavy atom. The van der Waals surface area contributed by atoms with Crippen LogP contribution in [0.5, 0.6) is 0 Å². The van der Waals surface area contributed by atoms with E-state index in [1.54, 1.807) is 19.2 Å². The first kappa shape index (κ1) is 17.0. The van der Waals surface area contributed by atoms with Gasteiger partial charge in [0.15, 0.2) is 11.7 Å². The number of carbonyl (C=O) groups excluding carboxylic acids is 1. The summed E-state index contributed by atoms with van der Waals surface area (Å²) in [5.41, 5.74) is 1.98. The van der Waals surface area contributed by atoms with Gasteiger partial charge in [0.25, 0.3) is 5.91 Å². The van der Waals surface area contributed by atoms with Gasteiger partial charge in [-0.15, -0.1) is 0 Å². The van der Waals surface area contributed by atoms with E-state index in [0.29, 0.717) is 25.4 Å². The van der Waals surface area contributed by atoms with Crippen LogP contribution in [0.4, 0.5) is 0 Å². The van der Waals surface area contributed by atoms with E-state index in [0.717, 1.165) is 30.4 Å². The van der Waals surface area contributed by atoms with E-state index in [4.69, 9.17) is 4.42 Å². The largest absolute Gasteiger partial charge is 0.459 e. The summed E-state index contributed by atoms with van der Waals surface area (Å²) in [5, 5.41) is 3.35. The molecule has 0 spiro atoms. The summed E-state index contributed by atoms with van der Waals surface area (Å²) in [5.74, 6) is 1.16. The first-order chi connectivity index (χ1) is 12.2. The van der Waals surface area contributed by atoms with Gasteiger partial charge >= 0.3 is 0 Å². The van der Waals surface area contributed by atoms with Crippen LogP contribution >= 0.6 is 0 Å². The fourth-order valence-electron chi connectivity index (χ4n) is 2.88. The molecule has 3 rings (SSSR count). The monoisotopic (exact) mass is 341 g/mol. The van der Waals surface area contributed by atoms with Gasteiger partial charge in [-0.1, -0.05) is 6.07 Å². The number of amides is 1. The number of carbonyl (C=O) groups is 1. The lowest BCUT2D eigenvalue weighted by Gasteiger charge is -2.36. The number of hydrogen-bond acceptors (Lipinski definition) is 4. The highest BCUT2D eigenvalue weighted by atomic mass is 16.3. The molecule has 0 bridgehead atoms. The number of rotatable bonds is 3. The van der Waals surface area contributed by atoms with Crippen molar-refractivity contribution in [3.63, 3.8) is 0 Å². The summed E-state index contributed by atoms with van der Waals surface area (Å²) in [6.07, 6.45) is 1.52. The van der Waals surface area contributed by atoms with Crippen molar-refractivity contribution in [1.29, 1.82) is 0 Å². The van der Waals surface area contributed by atoms with Crippen molar-refractivity contribution in [2.45, 2.75) is 13.5 Å². The van der Waals surface area contributed by atoms with Gasteiger partial charge in [-0.05, 0) is 31.2 Å². The molecule has 0 radical (unpaired) electrons. The number of furan rings is 1. The van der Waals surface area contributed by atoms with Gasteiger partial charge in [0.05, 0.1) is 18.5 Å². The number of nitrogens with zero attached hydrogens (tertiary/aromatic N) is 4. The van der Waals surface area contributed by atoms with Crippen LogP contribution in [0, 0.1) is 6.92 Å². The van der Waals surface area contributed by atoms with E-state index in [1.165, 1.54) is 6.26 Å². The Labute approximate surface area is 147 Å². The van der Waals surface area contributed by atoms with Crippen molar-refractivity contribution in [2.24, 2.45) is 4.99 Å². The van der Waals surface area contributed by atoms with Crippen molar-refractivity contribution in [3.8, 4) is 0 Å². The zero-order chi connectivity index (χ0) is 17.6. The molecule has 25 heavy (non-hydrogen) atoms. The molecule has 1 aliphatic rings. The minimum absolute atomic E-state index is 0.0587. The summed E-state index contributed by atoms with van der Waals surface area (Å²) in [6, 6.07) is 9.40. The Kier molecular flexibility index (Phi) is 5.33. The van der Waals surface area contributed by atoms with Crippen molar-refractivity contribution in [3.05, 3.63) is 53.7 Å². The van der Waals surface area contributed by atoms with Crippen LogP contribution in [0.1, 0.15) is 21.9 Å². The fourth-order valence-corrected chi connectivity index (χ4v) is 2.88. The second-order valence-corrected chi connectivity index (χ2v) is 5.93. The molecular weight excluding hydrogens is 318 g/mol. The maximum absolute atomic E-state index is 12.3. The average molecular weight is 341 g/mol. The molecule has 0 aliphatic carbocycles. The quantitative estimate of drug-likeness (QED) is 0.677. The molecule has 0 saturated carbocycles. The number of piperazine rings is 1. The Hall–Kier alpha value is -2.83. The van der Waals surface area contributed by atoms with Crippen LogP contribution in [0.3, 0.4) is 0 Å². The number of aliphatic imine (C=N–C) groups is 1. The molecule has 0 unspecified atom stereocenters. The molecule has 2 aromatic heterocycles. The Bertz CT molecular complexity index is 734. The molecule has 3 heterocycles. The van der Waals surface area contributed by atoms with Crippen molar-refractivity contribution < 1.29 is 9.21 Å². The third-order valence-corrected chi connectivity index (χ3v) is 4.18. The maximum Gasteiger partial charge on any atom is 0.289 e. The summed E-state index contributed by atoms with van der Waals surface area (Å²) in [7, 11) is 1.77. The summed E-state index contributed by atoms with van der Waals surface area (Å²) in [4.78, 5) is 25.1. The molecule has 0 atom stereocenters. The van der Waals surface area contributed by atoms with Crippen LogP contribution in [-0.2, 0) is 6.54 Å². The first-order valence-electron chi connectivity index (χ1n) is 8.38. The van der Waals surface area contributed by atoms with Crippen LogP contribution in [-0.4, -0.2) is 59.9 Å². The molecular formula is C18H23N5O2. The highest BCUT2D eigenvalue weighted by molar-refractivity contribution is 5.91. The summed E-state index contributed by atoms with van der Waals surface area (Å²) >= 11 is 0. The van der Waals surface area contributed by atoms with Gasteiger partial charge in [0.1, 0.15) is 0 Å². The minimum Gasteiger partial charge on any atom is -0.459 e. The lowest BCUT2D eigenvalue weighted by atomic mass is 10.3. The fraction of sp³-hybridized carbons (Fsp3) is 0.389. The first-order valence-corrected chi connectivity index (χ1v) is 8.38. The number of aromatic nitrogens is 1. The highest BCUT2D eigenvalue weighted by Crippen LogP contribution is 2.09. The topological polar surface area (TPSA) is 74.0 Å². The third-order valence-electron chi connectivity index (χ3n) is 4.18. The molecule has 132 valence electrons. The lowest BCUT2D eigenvalue weighted by molar-refractivity contribution is 0.0657. The van der Waals surface area contributed by atoms with Gasteiger partial charge in [-0.25, -0.2) is 0 Å². The Morgan fingerprint density at radius 2 is 1.96 bits per heavy atom. The van der Waals surface area contributed by atoms with Crippen LogP contribution < -0.4 is 5.32 Å². The van der Waals surface area contributed by atoms with Gasteiger partial charge in [-0.2, -0.15) is 0 Å². The van der Waals surface area contributed by atoms with Crippen molar-refractivity contribution >= 4 is 11.9 Å². The zero-order valence-electron chi connectivity index (χ0n) is 14.6. The predicted molar refractivity (Wildman–Crippen MR) is 95.4 cm³/mol. The van der Waals surface area contributed by atoms with Gasteiger partial charge in [0.2, 0.25) is 0 Å². The SMILES string of the molecule is CN=C(NCc1cccc(C)n1)N1CCN(C(=O)c2ccco2)CC1. The lowest BCUT2D eigenvalue weighted by Crippen LogP contribution is -2.53. The van der Waals surface area contributed by atoms with E-state index in [1.807, 2.05) is 30.0 Å². The number of hydrogen-bond donors (Lipinski definition) is 1. The van der Waals surface area contributed by atoms with Crippen LogP contribution in [0.25, 0.3) is 0 Å². The highest BCUT2D eigenvalue weighted by Gasteiger charge is 2.25. The van der Waals surface area contributed by atoms with Crippen LogP contribution in [0.2, 0.25) is 0 Å².